The summed E-state index contributed by atoms with van der Waals surface area (Å²) in [6.07, 6.45) is 3.03. The first-order chi connectivity index (χ1) is 18.2. The minimum absolute atomic E-state index is 0.0301. The lowest BCUT2D eigenvalue weighted by atomic mass is 9.80. The Kier molecular flexibility index (Phi) is 7.56. The zero-order valence-electron chi connectivity index (χ0n) is 21.7. The second-order valence-electron chi connectivity index (χ2n) is 10.9. The average Bonchev–Trinajstić information content (AvgIpc) is 3.35. The van der Waals surface area contributed by atoms with Crippen LogP contribution in [0.15, 0.2) is 30.4 Å². The van der Waals surface area contributed by atoms with Crippen molar-refractivity contribution in [3.63, 3.8) is 0 Å². The summed E-state index contributed by atoms with van der Waals surface area (Å²) in [4.78, 5) is 15.3. The first kappa shape index (κ1) is 27.1. The van der Waals surface area contributed by atoms with Gasteiger partial charge in [-0.2, -0.15) is 18.3 Å². The van der Waals surface area contributed by atoms with E-state index < -0.39 is 23.3 Å². The van der Waals surface area contributed by atoms with Gasteiger partial charge < -0.3 is 20.7 Å². The second kappa shape index (κ2) is 10.6. The number of likely N-dealkylation sites (tertiary alicyclic amines) is 1. The molecule has 11 heteroatoms. The Bertz CT molecular complexity index is 1170. The molecule has 208 valence electrons. The monoisotopic (exact) mass is 534 g/mol. The Hall–Kier alpha value is -2.47. The quantitative estimate of drug-likeness (QED) is 0.406. The van der Waals surface area contributed by atoms with E-state index in [0.29, 0.717) is 5.56 Å². The zero-order chi connectivity index (χ0) is 27.0. The molecular weight excluding hydrogens is 497 g/mol. The Balaban J connectivity index is 1.35. The lowest BCUT2D eigenvalue weighted by Crippen LogP contribution is -2.68. The van der Waals surface area contributed by atoms with E-state index in [1.54, 1.807) is 18.2 Å². The molecule has 0 aliphatic carbocycles. The van der Waals surface area contributed by atoms with Crippen LogP contribution in [0.5, 0.6) is 0 Å². The molecule has 2 unspecified atom stereocenters. The van der Waals surface area contributed by atoms with Crippen molar-refractivity contribution in [1.29, 1.82) is 0 Å². The number of H-pyrrole nitrogens is 1. The highest BCUT2D eigenvalue weighted by molar-refractivity contribution is 5.90. The number of amides is 1. The third kappa shape index (κ3) is 4.97. The molecule has 2 saturated heterocycles. The number of carbonyl (C=O) groups is 1. The smallest absolute Gasteiger partial charge is 0.368 e. The fourth-order valence-electron chi connectivity index (χ4n) is 6.28. The van der Waals surface area contributed by atoms with Crippen LogP contribution in [0.2, 0.25) is 0 Å². The van der Waals surface area contributed by atoms with Gasteiger partial charge in [0.2, 0.25) is 11.6 Å². The number of methoxy groups -OCH3 is 1. The normalized spacial score (nSPS) is 28.2. The van der Waals surface area contributed by atoms with Crippen molar-refractivity contribution in [2.75, 3.05) is 39.8 Å². The van der Waals surface area contributed by atoms with Gasteiger partial charge in [-0.05, 0) is 101 Å². The molecule has 1 aromatic carbocycles. The average molecular weight is 535 g/mol. The number of carbonyl (C=O) groups excluding carboxylic acids is 1. The van der Waals surface area contributed by atoms with Gasteiger partial charge in [-0.1, -0.05) is 12.1 Å². The summed E-state index contributed by atoms with van der Waals surface area (Å²) in [6.45, 7) is 5.33. The van der Waals surface area contributed by atoms with E-state index in [2.05, 4.69) is 25.7 Å². The number of hydrogen-bond acceptors (Lipinski definition) is 6. The minimum atomic E-state index is -4.80. The molecule has 2 fully saturated rings. The molecule has 2 aromatic rings. The number of nitrogens with one attached hydrogen (secondary N) is 3. The van der Waals surface area contributed by atoms with E-state index in [9.17, 15) is 18.0 Å². The van der Waals surface area contributed by atoms with E-state index in [4.69, 9.17) is 10.5 Å². The summed E-state index contributed by atoms with van der Waals surface area (Å²) in [5, 5.41) is 14.3. The maximum atomic E-state index is 14.0. The summed E-state index contributed by atoms with van der Waals surface area (Å²) in [7, 11) is 0.956. The third-order valence-electron chi connectivity index (χ3n) is 8.71. The molecule has 1 aromatic heterocycles. The van der Waals surface area contributed by atoms with Crippen molar-refractivity contribution >= 4 is 16.8 Å². The minimum Gasteiger partial charge on any atom is -0.368 e. The molecule has 5 N–H and O–H groups in total. The number of piperidine rings is 2. The molecule has 0 saturated carbocycles. The van der Waals surface area contributed by atoms with Crippen molar-refractivity contribution in [2.45, 2.75) is 61.9 Å². The van der Waals surface area contributed by atoms with Gasteiger partial charge in [0.15, 0.2) is 0 Å². The molecule has 38 heavy (non-hydrogen) atoms. The molecule has 3 aliphatic heterocycles. The highest BCUT2D eigenvalue weighted by Crippen LogP contribution is 2.42. The molecule has 0 radical (unpaired) electrons. The van der Waals surface area contributed by atoms with Crippen molar-refractivity contribution in [3.05, 3.63) is 41.6 Å². The lowest BCUT2D eigenvalue weighted by Gasteiger charge is -2.44. The van der Waals surface area contributed by atoms with E-state index >= 15 is 0 Å². The number of primary amides is 1. The first-order valence-corrected chi connectivity index (χ1v) is 13.5. The number of ether oxygens (including phenoxy) is 1. The Morgan fingerprint density at radius 1 is 1.21 bits per heavy atom. The van der Waals surface area contributed by atoms with Gasteiger partial charge in [-0.25, -0.2) is 0 Å². The van der Waals surface area contributed by atoms with Crippen LogP contribution in [0, 0.1) is 5.92 Å². The lowest BCUT2D eigenvalue weighted by molar-refractivity contribution is -0.269. The van der Waals surface area contributed by atoms with E-state index in [1.165, 1.54) is 25.3 Å². The van der Waals surface area contributed by atoms with Crippen LogP contribution < -0.4 is 16.4 Å². The molecule has 8 nitrogen and oxygen atoms in total. The van der Waals surface area contributed by atoms with Crippen molar-refractivity contribution < 1.29 is 22.7 Å². The fourth-order valence-corrected chi connectivity index (χ4v) is 6.28. The number of aromatic amines is 1. The molecule has 0 bridgehead atoms. The highest BCUT2D eigenvalue weighted by Gasteiger charge is 2.60. The SMILES string of the molecule is COC1(C(F)(F)F)C=CCC(C(N)=O)(c2ccc3[nH]nc(C4CCN(CCC5CCNCC5)CC4)c3c2)N1. The van der Waals surface area contributed by atoms with Crippen molar-refractivity contribution in [2.24, 2.45) is 11.7 Å². The number of nitrogens with two attached hydrogens (primary N) is 1. The number of fused-ring (bicyclic) bond motifs is 1. The van der Waals surface area contributed by atoms with Crippen LogP contribution in [-0.2, 0) is 15.1 Å². The van der Waals surface area contributed by atoms with Gasteiger partial charge in [-0.15, -0.1) is 0 Å². The summed E-state index contributed by atoms with van der Waals surface area (Å²) in [5.41, 5.74) is 3.17. The summed E-state index contributed by atoms with van der Waals surface area (Å²) >= 11 is 0. The van der Waals surface area contributed by atoms with Gasteiger partial charge in [0.05, 0.1) is 11.2 Å². The molecule has 5 rings (SSSR count). The Morgan fingerprint density at radius 2 is 1.95 bits per heavy atom. The maximum Gasteiger partial charge on any atom is 0.435 e. The molecular formula is C27H37F3N6O2. The standard InChI is InChI=1S/C27H37F3N6O2/c1-38-26(27(28,29)30)11-2-10-25(35-26,24(31)37)20-3-4-22-21(17-20)23(34-33-22)19-8-15-36(16-9-19)14-7-18-5-12-32-13-6-18/h2-4,11,17-19,32,35H,5-10,12-16H2,1H3,(H2,31,37)(H,33,34). The largest absolute Gasteiger partial charge is 0.435 e. The number of benzene rings is 1. The van der Waals surface area contributed by atoms with Gasteiger partial charge in [0.25, 0.3) is 0 Å². The number of halogens is 3. The summed E-state index contributed by atoms with van der Waals surface area (Å²) in [5.74, 6) is 0.128. The molecule has 3 aliphatic rings. The van der Waals surface area contributed by atoms with E-state index in [0.717, 1.165) is 81.3 Å². The van der Waals surface area contributed by atoms with E-state index in [-0.39, 0.29) is 12.3 Å². The summed E-state index contributed by atoms with van der Waals surface area (Å²) in [6, 6.07) is 5.13. The Labute approximate surface area is 220 Å². The molecule has 1 amide bonds. The van der Waals surface area contributed by atoms with E-state index in [1.807, 2.05) is 0 Å². The van der Waals surface area contributed by atoms with Gasteiger partial charge in [-0.3, -0.25) is 15.2 Å². The molecule has 0 spiro atoms. The number of nitrogens with zero attached hydrogens (tertiary/aromatic N) is 2. The van der Waals surface area contributed by atoms with Crippen molar-refractivity contribution in [1.82, 2.24) is 25.7 Å². The van der Waals surface area contributed by atoms with Crippen LogP contribution in [0.4, 0.5) is 13.2 Å². The predicted molar refractivity (Wildman–Crippen MR) is 138 cm³/mol. The third-order valence-corrected chi connectivity index (χ3v) is 8.71. The van der Waals surface area contributed by atoms with Crippen LogP contribution >= 0.6 is 0 Å². The number of alkyl halides is 3. The second-order valence-corrected chi connectivity index (χ2v) is 10.9. The van der Waals surface area contributed by atoms with Crippen LogP contribution in [-0.4, -0.2) is 72.7 Å². The first-order valence-electron chi connectivity index (χ1n) is 13.5. The van der Waals surface area contributed by atoms with Crippen LogP contribution in [0.1, 0.15) is 55.7 Å². The van der Waals surface area contributed by atoms with Gasteiger partial charge in [0, 0.05) is 18.4 Å². The number of hydrogen-bond donors (Lipinski definition) is 4. The van der Waals surface area contributed by atoms with Gasteiger partial charge >= 0.3 is 6.18 Å². The highest BCUT2D eigenvalue weighted by atomic mass is 19.4. The number of rotatable bonds is 7. The van der Waals surface area contributed by atoms with Crippen LogP contribution in [0.25, 0.3) is 10.9 Å². The fraction of sp³-hybridized carbons (Fsp3) is 0.630. The number of aromatic nitrogens is 2. The summed E-state index contributed by atoms with van der Waals surface area (Å²) < 4.78 is 46.9. The molecule has 4 heterocycles. The Morgan fingerprint density at radius 3 is 2.61 bits per heavy atom. The molecule has 2 atom stereocenters. The predicted octanol–water partition coefficient (Wildman–Crippen LogP) is 3.27. The topological polar surface area (TPSA) is 108 Å². The van der Waals surface area contributed by atoms with Crippen molar-refractivity contribution in [3.8, 4) is 0 Å². The zero-order valence-corrected chi connectivity index (χ0v) is 21.7. The van der Waals surface area contributed by atoms with Crippen LogP contribution in [0.3, 0.4) is 0 Å². The maximum absolute atomic E-state index is 14.0. The van der Waals surface area contributed by atoms with Gasteiger partial charge in [0.1, 0.15) is 5.54 Å².